The minimum absolute atomic E-state index is 0.654. The minimum atomic E-state index is 0.654. The lowest BCUT2D eigenvalue weighted by atomic mass is 9.89. The summed E-state index contributed by atoms with van der Waals surface area (Å²) >= 11 is 0. The Bertz CT molecular complexity index is 584. The van der Waals surface area contributed by atoms with Crippen molar-refractivity contribution in [1.29, 1.82) is 0 Å². The van der Waals surface area contributed by atoms with Gasteiger partial charge in [-0.25, -0.2) is 0 Å². The summed E-state index contributed by atoms with van der Waals surface area (Å²) in [6.07, 6.45) is 0. The van der Waals surface area contributed by atoms with Crippen molar-refractivity contribution in [3.05, 3.63) is 59.2 Å². The molecule has 2 N–H and O–H groups in total. The van der Waals surface area contributed by atoms with E-state index < -0.39 is 0 Å². The first-order chi connectivity index (χ1) is 9.16. The highest BCUT2D eigenvalue weighted by atomic mass is 15.2. The van der Waals surface area contributed by atoms with Gasteiger partial charge in [-0.1, -0.05) is 36.4 Å². The zero-order chi connectivity index (χ0) is 13.4. The molecule has 1 saturated heterocycles. The van der Waals surface area contributed by atoms with E-state index in [4.69, 9.17) is 5.73 Å². The molecule has 0 radical (unpaired) electrons. The second-order valence-electron chi connectivity index (χ2n) is 5.46. The Morgan fingerprint density at radius 2 is 1.68 bits per heavy atom. The molecule has 19 heavy (non-hydrogen) atoms. The zero-order valence-electron chi connectivity index (χ0n) is 11.6. The molecule has 1 fully saturated rings. The number of nitrogen functional groups attached to an aromatic ring is 1. The number of anilines is 2. The predicted octanol–water partition coefficient (Wildman–Crippen LogP) is 3.49. The fourth-order valence-corrected chi connectivity index (χ4v) is 2.93. The lowest BCUT2D eigenvalue weighted by Gasteiger charge is -2.43. The van der Waals surface area contributed by atoms with Gasteiger partial charge in [0.15, 0.2) is 0 Å². The van der Waals surface area contributed by atoms with E-state index in [0.29, 0.717) is 5.92 Å². The molecule has 0 amide bonds. The van der Waals surface area contributed by atoms with Crippen molar-refractivity contribution in [2.75, 3.05) is 23.7 Å². The largest absolute Gasteiger partial charge is 0.398 e. The molecule has 98 valence electrons. The van der Waals surface area contributed by atoms with E-state index in [2.05, 4.69) is 55.1 Å². The van der Waals surface area contributed by atoms with Crippen molar-refractivity contribution in [2.24, 2.45) is 0 Å². The predicted molar refractivity (Wildman–Crippen MR) is 81.7 cm³/mol. The standard InChI is InChI=1S/C17H20N2/c1-12-8-9-16(18)13(2)17(12)19-10-15(11-19)14-6-4-3-5-7-14/h3-9,15H,10-11,18H2,1-2H3. The number of aryl methyl sites for hydroxylation is 1. The fourth-order valence-electron chi connectivity index (χ4n) is 2.93. The summed E-state index contributed by atoms with van der Waals surface area (Å²) in [6, 6.07) is 14.9. The molecule has 2 aromatic carbocycles. The second kappa shape index (κ2) is 4.61. The van der Waals surface area contributed by atoms with Crippen LogP contribution in [-0.2, 0) is 0 Å². The van der Waals surface area contributed by atoms with E-state index in [1.54, 1.807) is 0 Å². The third-order valence-electron chi connectivity index (χ3n) is 4.14. The molecule has 1 aliphatic rings. The summed E-state index contributed by atoms with van der Waals surface area (Å²) in [5.41, 5.74) is 12.2. The molecule has 0 atom stereocenters. The SMILES string of the molecule is Cc1ccc(N)c(C)c1N1CC(c2ccccc2)C1. The molecule has 0 bridgehead atoms. The summed E-state index contributed by atoms with van der Waals surface area (Å²) in [6.45, 7) is 6.47. The Balaban J connectivity index is 1.80. The summed E-state index contributed by atoms with van der Waals surface area (Å²) in [4.78, 5) is 2.44. The molecule has 0 aliphatic carbocycles. The van der Waals surface area contributed by atoms with Crippen LogP contribution in [0, 0.1) is 13.8 Å². The Morgan fingerprint density at radius 3 is 2.37 bits per heavy atom. The van der Waals surface area contributed by atoms with Gasteiger partial charge in [-0.2, -0.15) is 0 Å². The van der Waals surface area contributed by atoms with Crippen molar-refractivity contribution in [3.8, 4) is 0 Å². The topological polar surface area (TPSA) is 29.3 Å². The van der Waals surface area contributed by atoms with Gasteiger partial charge >= 0.3 is 0 Å². The highest BCUT2D eigenvalue weighted by Crippen LogP contribution is 2.37. The molecule has 0 saturated carbocycles. The molecule has 0 unspecified atom stereocenters. The monoisotopic (exact) mass is 252 g/mol. The summed E-state index contributed by atoms with van der Waals surface area (Å²) < 4.78 is 0. The van der Waals surface area contributed by atoms with Crippen LogP contribution in [-0.4, -0.2) is 13.1 Å². The average Bonchev–Trinajstić information content (AvgIpc) is 2.38. The molecular weight excluding hydrogens is 232 g/mol. The van der Waals surface area contributed by atoms with E-state index >= 15 is 0 Å². The molecule has 3 rings (SSSR count). The quantitative estimate of drug-likeness (QED) is 0.829. The average molecular weight is 252 g/mol. The number of hydrogen-bond donors (Lipinski definition) is 1. The van der Waals surface area contributed by atoms with Crippen LogP contribution in [0.1, 0.15) is 22.6 Å². The third-order valence-corrected chi connectivity index (χ3v) is 4.14. The van der Waals surface area contributed by atoms with Crippen LogP contribution in [0.15, 0.2) is 42.5 Å². The summed E-state index contributed by atoms with van der Waals surface area (Å²) in [7, 11) is 0. The number of rotatable bonds is 2. The van der Waals surface area contributed by atoms with E-state index in [0.717, 1.165) is 18.8 Å². The van der Waals surface area contributed by atoms with E-state index in [9.17, 15) is 0 Å². The molecule has 0 aromatic heterocycles. The zero-order valence-corrected chi connectivity index (χ0v) is 11.6. The van der Waals surface area contributed by atoms with Crippen molar-refractivity contribution < 1.29 is 0 Å². The smallest absolute Gasteiger partial charge is 0.0446 e. The maximum absolute atomic E-state index is 6.03. The van der Waals surface area contributed by atoms with Gasteiger partial charge in [0.2, 0.25) is 0 Å². The van der Waals surface area contributed by atoms with Crippen LogP contribution in [0.2, 0.25) is 0 Å². The maximum atomic E-state index is 6.03. The Hall–Kier alpha value is -1.96. The minimum Gasteiger partial charge on any atom is -0.398 e. The van der Waals surface area contributed by atoms with Crippen molar-refractivity contribution in [1.82, 2.24) is 0 Å². The molecule has 1 heterocycles. The Morgan fingerprint density at radius 1 is 1.00 bits per heavy atom. The summed E-state index contributed by atoms with van der Waals surface area (Å²) in [5.74, 6) is 0.654. The molecule has 2 nitrogen and oxygen atoms in total. The van der Waals surface area contributed by atoms with Gasteiger partial charge in [-0.15, -0.1) is 0 Å². The first-order valence-electron chi connectivity index (χ1n) is 6.82. The van der Waals surface area contributed by atoms with E-state index in [1.165, 1.54) is 22.4 Å². The number of nitrogens with two attached hydrogens (primary N) is 1. The normalized spacial score (nSPS) is 15.4. The Labute approximate surface area is 114 Å². The highest BCUT2D eigenvalue weighted by molar-refractivity contribution is 5.69. The second-order valence-corrected chi connectivity index (χ2v) is 5.46. The van der Waals surface area contributed by atoms with Gasteiger partial charge in [0.05, 0.1) is 0 Å². The van der Waals surface area contributed by atoms with Crippen LogP contribution in [0.4, 0.5) is 11.4 Å². The third kappa shape index (κ3) is 2.07. The lowest BCUT2D eigenvalue weighted by Crippen LogP contribution is -2.45. The molecular formula is C17H20N2. The molecule has 1 aliphatic heterocycles. The van der Waals surface area contributed by atoms with Gasteiger partial charge in [-0.05, 0) is 36.6 Å². The highest BCUT2D eigenvalue weighted by Gasteiger charge is 2.30. The molecule has 2 aromatic rings. The van der Waals surface area contributed by atoms with Gasteiger partial charge in [0.25, 0.3) is 0 Å². The van der Waals surface area contributed by atoms with Gasteiger partial charge in [0.1, 0.15) is 0 Å². The van der Waals surface area contributed by atoms with Gasteiger partial charge < -0.3 is 10.6 Å². The van der Waals surface area contributed by atoms with E-state index in [-0.39, 0.29) is 0 Å². The number of hydrogen-bond acceptors (Lipinski definition) is 2. The molecule has 2 heteroatoms. The first-order valence-corrected chi connectivity index (χ1v) is 6.82. The lowest BCUT2D eigenvalue weighted by molar-refractivity contribution is 0.523. The van der Waals surface area contributed by atoms with Gasteiger partial charge in [0, 0.05) is 30.4 Å². The van der Waals surface area contributed by atoms with Crippen molar-refractivity contribution in [2.45, 2.75) is 19.8 Å². The number of nitrogens with zero attached hydrogens (tertiary/aromatic N) is 1. The van der Waals surface area contributed by atoms with Crippen LogP contribution in [0.5, 0.6) is 0 Å². The molecule has 0 spiro atoms. The van der Waals surface area contributed by atoms with Gasteiger partial charge in [-0.3, -0.25) is 0 Å². The summed E-state index contributed by atoms with van der Waals surface area (Å²) in [5, 5.41) is 0. The Kier molecular flexibility index (Phi) is 2.94. The van der Waals surface area contributed by atoms with Crippen LogP contribution in [0.25, 0.3) is 0 Å². The first kappa shape index (κ1) is 12.1. The van der Waals surface area contributed by atoms with E-state index in [1.807, 2.05) is 6.07 Å². The van der Waals surface area contributed by atoms with Crippen LogP contribution >= 0.6 is 0 Å². The van der Waals surface area contributed by atoms with Crippen LogP contribution < -0.4 is 10.6 Å². The number of benzene rings is 2. The van der Waals surface area contributed by atoms with Crippen molar-refractivity contribution >= 4 is 11.4 Å². The van der Waals surface area contributed by atoms with Crippen molar-refractivity contribution in [3.63, 3.8) is 0 Å². The maximum Gasteiger partial charge on any atom is 0.0446 e. The fraction of sp³-hybridized carbons (Fsp3) is 0.294. The van der Waals surface area contributed by atoms with Crippen LogP contribution in [0.3, 0.4) is 0 Å².